The summed E-state index contributed by atoms with van der Waals surface area (Å²) in [5, 5.41) is 0. The maximum atomic E-state index is 6.23. The van der Waals surface area contributed by atoms with Gasteiger partial charge in [0.1, 0.15) is 0 Å². The van der Waals surface area contributed by atoms with Gasteiger partial charge >= 0.3 is 0 Å². The van der Waals surface area contributed by atoms with Gasteiger partial charge in [-0.05, 0) is 91.9 Å². The minimum atomic E-state index is 0.423. The second-order valence-electron chi connectivity index (χ2n) is 9.53. The number of fused-ring (bicyclic) bond motifs is 3. The van der Waals surface area contributed by atoms with Gasteiger partial charge in [-0.1, -0.05) is 34.1 Å². The van der Waals surface area contributed by atoms with Crippen LogP contribution in [0.25, 0.3) is 0 Å². The van der Waals surface area contributed by atoms with E-state index in [0.29, 0.717) is 10.8 Å². The summed E-state index contributed by atoms with van der Waals surface area (Å²) in [6.07, 6.45) is 11.7. The molecular formula is C20H37N. The van der Waals surface area contributed by atoms with Gasteiger partial charge in [0.15, 0.2) is 0 Å². The van der Waals surface area contributed by atoms with E-state index in [9.17, 15) is 0 Å². The third-order valence-corrected chi connectivity index (χ3v) is 8.21. The zero-order valence-corrected chi connectivity index (χ0v) is 14.8. The van der Waals surface area contributed by atoms with Gasteiger partial charge in [0.25, 0.3) is 0 Å². The highest BCUT2D eigenvalue weighted by molar-refractivity contribution is 5.06. The molecule has 0 aromatic heterocycles. The van der Waals surface area contributed by atoms with Gasteiger partial charge in [0, 0.05) is 0 Å². The lowest BCUT2D eigenvalue weighted by molar-refractivity contribution is -0.119. The minimum absolute atomic E-state index is 0.423. The van der Waals surface area contributed by atoms with Gasteiger partial charge in [-0.15, -0.1) is 0 Å². The fourth-order valence-electron chi connectivity index (χ4n) is 6.86. The van der Waals surface area contributed by atoms with Gasteiger partial charge in [-0.2, -0.15) is 0 Å². The van der Waals surface area contributed by atoms with Crippen molar-refractivity contribution in [2.45, 2.75) is 79.1 Å². The van der Waals surface area contributed by atoms with Gasteiger partial charge in [0.05, 0.1) is 0 Å². The lowest BCUT2D eigenvalue weighted by Gasteiger charge is -2.62. The van der Waals surface area contributed by atoms with E-state index in [1.54, 1.807) is 0 Å². The molecule has 3 fully saturated rings. The molecule has 0 amide bonds. The number of nitrogens with two attached hydrogens (primary N) is 1. The molecule has 6 atom stereocenters. The van der Waals surface area contributed by atoms with E-state index >= 15 is 0 Å². The van der Waals surface area contributed by atoms with E-state index in [1.807, 2.05) is 0 Å². The van der Waals surface area contributed by atoms with E-state index in [1.165, 1.54) is 51.4 Å². The predicted molar refractivity (Wildman–Crippen MR) is 91.0 cm³/mol. The molecule has 122 valence electrons. The Hall–Kier alpha value is -0.0400. The molecule has 0 heterocycles. The lowest BCUT2D eigenvalue weighted by atomic mass is 9.43. The SMILES string of the molecule is CC(C)[C@H]1CCC2C(CCC3[C@](C)(CN)CCC[C@]23C)C1. The van der Waals surface area contributed by atoms with Crippen molar-refractivity contribution in [3.63, 3.8) is 0 Å². The zero-order chi connectivity index (χ0) is 15.3. The van der Waals surface area contributed by atoms with Crippen LogP contribution in [-0.4, -0.2) is 6.54 Å². The minimum Gasteiger partial charge on any atom is -0.330 e. The standard InChI is InChI=1S/C20H37N/c1-14(2)15-6-8-17-16(12-15)7-9-18-19(3,13-21)10-5-11-20(17,18)4/h14-18H,5-13,21H2,1-4H3/t15-,16?,17?,18?,19-,20+/m0/s1. The molecule has 0 radical (unpaired) electrons. The Kier molecular flexibility index (Phi) is 4.19. The van der Waals surface area contributed by atoms with Crippen LogP contribution in [0.15, 0.2) is 0 Å². The van der Waals surface area contributed by atoms with E-state index in [0.717, 1.165) is 36.1 Å². The fraction of sp³-hybridized carbons (Fsp3) is 1.00. The summed E-state index contributed by atoms with van der Waals surface area (Å²) in [5.41, 5.74) is 7.25. The fourth-order valence-corrected chi connectivity index (χ4v) is 6.86. The first-order valence-electron chi connectivity index (χ1n) is 9.61. The number of hydrogen-bond donors (Lipinski definition) is 1. The first kappa shape index (κ1) is 15.8. The normalized spacial score (nSPS) is 50.6. The van der Waals surface area contributed by atoms with Crippen LogP contribution in [0.4, 0.5) is 0 Å². The number of hydrogen-bond acceptors (Lipinski definition) is 1. The predicted octanol–water partition coefficient (Wildman–Crippen LogP) is 5.24. The topological polar surface area (TPSA) is 26.0 Å². The highest BCUT2D eigenvalue weighted by Gasteiger charge is 2.56. The molecule has 0 saturated heterocycles. The summed E-state index contributed by atoms with van der Waals surface area (Å²) in [6.45, 7) is 10.9. The summed E-state index contributed by atoms with van der Waals surface area (Å²) >= 11 is 0. The van der Waals surface area contributed by atoms with Gasteiger partial charge in [-0.25, -0.2) is 0 Å². The molecule has 0 aromatic rings. The van der Waals surface area contributed by atoms with E-state index < -0.39 is 0 Å². The molecule has 3 aliphatic rings. The van der Waals surface area contributed by atoms with E-state index in [4.69, 9.17) is 5.73 Å². The van der Waals surface area contributed by atoms with Crippen molar-refractivity contribution in [1.82, 2.24) is 0 Å². The highest BCUT2D eigenvalue weighted by Crippen LogP contribution is 2.64. The Morgan fingerprint density at radius 3 is 2.48 bits per heavy atom. The molecule has 0 aliphatic heterocycles. The molecular weight excluding hydrogens is 254 g/mol. The quantitative estimate of drug-likeness (QED) is 0.739. The summed E-state index contributed by atoms with van der Waals surface area (Å²) < 4.78 is 0. The van der Waals surface area contributed by atoms with Crippen molar-refractivity contribution >= 4 is 0 Å². The summed E-state index contributed by atoms with van der Waals surface area (Å²) in [7, 11) is 0. The van der Waals surface area contributed by atoms with E-state index in [-0.39, 0.29) is 0 Å². The Morgan fingerprint density at radius 1 is 1.05 bits per heavy atom. The van der Waals surface area contributed by atoms with Crippen molar-refractivity contribution in [2.24, 2.45) is 46.2 Å². The van der Waals surface area contributed by atoms with Crippen LogP contribution in [0.1, 0.15) is 79.1 Å². The first-order chi connectivity index (χ1) is 9.90. The van der Waals surface area contributed by atoms with Crippen LogP contribution in [0.3, 0.4) is 0 Å². The van der Waals surface area contributed by atoms with Crippen molar-refractivity contribution in [1.29, 1.82) is 0 Å². The van der Waals surface area contributed by atoms with Crippen LogP contribution in [0.5, 0.6) is 0 Å². The first-order valence-corrected chi connectivity index (χ1v) is 9.61. The van der Waals surface area contributed by atoms with Crippen molar-refractivity contribution < 1.29 is 0 Å². The molecule has 1 heteroatoms. The van der Waals surface area contributed by atoms with E-state index in [2.05, 4.69) is 27.7 Å². The Balaban J connectivity index is 1.82. The van der Waals surface area contributed by atoms with Crippen LogP contribution in [0, 0.1) is 40.4 Å². The van der Waals surface area contributed by atoms with Crippen LogP contribution in [-0.2, 0) is 0 Å². The van der Waals surface area contributed by atoms with Crippen LogP contribution in [0.2, 0.25) is 0 Å². The Morgan fingerprint density at radius 2 is 1.81 bits per heavy atom. The molecule has 3 aliphatic carbocycles. The average Bonchev–Trinajstić information content (AvgIpc) is 2.46. The van der Waals surface area contributed by atoms with Crippen molar-refractivity contribution in [3.05, 3.63) is 0 Å². The second kappa shape index (κ2) is 5.55. The van der Waals surface area contributed by atoms with Crippen LogP contribution < -0.4 is 5.73 Å². The molecule has 0 spiro atoms. The zero-order valence-electron chi connectivity index (χ0n) is 14.8. The monoisotopic (exact) mass is 291 g/mol. The van der Waals surface area contributed by atoms with Gasteiger partial charge in [-0.3, -0.25) is 0 Å². The highest BCUT2D eigenvalue weighted by atomic mass is 14.7. The largest absolute Gasteiger partial charge is 0.330 e. The number of rotatable bonds is 2. The van der Waals surface area contributed by atoms with Crippen molar-refractivity contribution in [3.8, 4) is 0 Å². The molecule has 2 N–H and O–H groups in total. The maximum Gasteiger partial charge on any atom is -0.00203 e. The summed E-state index contributed by atoms with van der Waals surface area (Å²) in [4.78, 5) is 0. The summed E-state index contributed by atoms with van der Waals surface area (Å²) in [5.74, 6) is 4.79. The third-order valence-electron chi connectivity index (χ3n) is 8.21. The smallest absolute Gasteiger partial charge is 0.00203 e. The lowest BCUT2D eigenvalue weighted by Crippen LogP contribution is -2.55. The molecule has 0 bridgehead atoms. The molecule has 1 nitrogen and oxygen atoms in total. The molecule has 3 saturated carbocycles. The summed E-state index contributed by atoms with van der Waals surface area (Å²) in [6, 6.07) is 0. The molecule has 3 rings (SSSR count). The van der Waals surface area contributed by atoms with Crippen molar-refractivity contribution in [2.75, 3.05) is 6.54 Å². The van der Waals surface area contributed by atoms with Crippen LogP contribution >= 0.6 is 0 Å². The molecule has 21 heavy (non-hydrogen) atoms. The van der Waals surface area contributed by atoms with Gasteiger partial charge < -0.3 is 5.73 Å². The third kappa shape index (κ3) is 2.48. The van der Waals surface area contributed by atoms with Gasteiger partial charge in [0.2, 0.25) is 0 Å². The average molecular weight is 292 g/mol. The molecule has 0 aromatic carbocycles. The second-order valence-corrected chi connectivity index (χ2v) is 9.53. The molecule has 3 unspecified atom stereocenters. The maximum absolute atomic E-state index is 6.23. The Bertz CT molecular complexity index is 376. The Labute approximate surface area is 132 Å².